The van der Waals surface area contributed by atoms with E-state index < -0.39 is 5.97 Å². The van der Waals surface area contributed by atoms with Gasteiger partial charge in [-0.25, -0.2) is 14.8 Å². The molecule has 11 nitrogen and oxygen atoms in total. The molecule has 6 rings (SSSR count). The van der Waals surface area contributed by atoms with Gasteiger partial charge in [-0.05, 0) is 57.7 Å². The Bertz CT molecular complexity index is 1670. The molecule has 11 heteroatoms. The molecule has 3 N–H and O–H groups in total. The fraction of sp³-hybridized carbons (Fsp3) is 0.471. The highest BCUT2D eigenvalue weighted by atomic mass is 16.5. The molecule has 0 atom stereocenters. The van der Waals surface area contributed by atoms with Gasteiger partial charge in [0.1, 0.15) is 17.0 Å². The zero-order valence-electron chi connectivity index (χ0n) is 27.0. The maximum Gasteiger partial charge on any atom is 0.343 e. The second kappa shape index (κ2) is 12.1. The Morgan fingerprint density at radius 2 is 1.87 bits per heavy atom. The molecule has 236 valence electrons. The normalized spacial score (nSPS) is 17.5. The number of aromatic nitrogens is 3. The average molecular weight is 611 g/mol. The van der Waals surface area contributed by atoms with Crippen LogP contribution in [-0.4, -0.2) is 77.8 Å². The summed E-state index contributed by atoms with van der Waals surface area (Å²) in [4.78, 5) is 34.4. The van der Waals surface area contributed by atoms with Crippen molar-refractivity contribution in [1.29, 1.82) is 0 Å². The third-order valence-electron chi connectivity index (χ3n) is 8.51. The van der Waals surface area contributed by atoms with E-state index in [1.807, 2.05) is 43.0 Å². The summed E-state index contributed by atoms with van der Waals surface area (Å²) in [6.07, 6.45) is 3.83. The summed E-state index contributed by atoms with van der Waals surface area (Å²) in [5.74, 6) is 6.82. The SMILES string of the molecule is CC#Cc1ccc2c(n1)C(C)(C)CN2c1nc(Nc2cc(N)c(N3CCN(C4CC4)CC3)cc2OC)ncc1C(=O)OC(C)C. The van der Waals surface area contributed by atoms with E-state index in [0.29, 0.717) is 41.1 Å². The highest BCUT2D eigenvalue weighted by Crippen LogP contribution is 2.44. The lowest BCUT2D eigenvalue weighted by atomic mass is 9.91. The average Bonchev–Trinajstić information content (AvgIpc) is 3.82. The van der Waals surface area contributed by atoms with Crippen LogP contribution in [0.25, 0.3) is 0 Å². The summed E-state index contributed by atoms with van der Waals surface area (Å²) in [6, 6.07) is 8.47. The van der Waals surface area contributed by atoms with Gasteiger partial charge in [0.25, 0.3) is 0 Å². The topological polar surface area (TPSA) is 122 Å². The number of methoxy groups -OCH3 is 1. The minimum absolute atomic E-state index is 0.266. The zero-order chi connectivity index (χ0) is 31.9. The first-order valence-corrected chi connectivity index (χ1v) is 15.6. The number of nitrogens with zero attached hydrogens (tertiary/aromatic N) is 6. The number of esters is 1. The molecule has 1 aliphatic carbocycles. The largest absolute Gasteiger partial charge is 0.494 e. The van der Waals surface area contributed by atoms with Crippen molar-refractivity contribution in [2.45, 2.75) is 65.0 Å². The third kappa shape index (κ3) is 6.20. The van der Waals surface area contributed by atoms with Crippen LogP contribution < -0.4 is 25.6 Å². The maximum atomic E-state index is 13.3. The number of fused-ring (bicyclic) bond motifs is 1. The van der Waals surface area contributed by atoms with Crippen LogP contribution >= 0.6 is 0 Å². The van der Waals surface area contributed by atoms with E-state index in [4.69, 9.17) is 25.2 Å². The first-order valence-electron chi connectivity index (χ1n) is 15.6. The lowest BCUT2D eigenvalue weighted by molar-refractivity contribution is 0.0378. The first-order chi connectivity index (χ1) is 21.6. The van der Waals surface area contributed by atoms with Crippen molar-refractivity contribution >= 4 is 40.5 Å². The van der Waals surface area contributed by atoms with Crippen molar-refractivity contribution in [3.63, 3.8) is 0 Å². The summed E-state index contributed by atoms with van der Waals surface area (Å²) in [6.45, 7) is 14.1. The number of pyridine rings is 1. The van der Waals surface area contributed by atoms with Gasteiger partial charge in [-0.1, -0.05) is 19.8 Å². The minimum Gasteiger partial charge on any atom is -0.494 e. The van der Waals surface area contributed by atoms with Gasteiger partial charge in [0.2, 0.25) is 5.95 Å². The number of carbonyl (C=O) groups excluding carboxylic acids is 1. The molecule has 1 saturated heterocycles. The number of carbonyl (C=O) groups is 1. The first kappa shape index (κ1) is 30.5. The van der Waals surface area contributed by atoms with E-state index >= 15 is 0 Å². The number of nitrogen functional groups attached to an aromatic ring is 1. The summed E-state index contributed by atoms with van der Waals surface area (Å²) in [5.41, 5.74) is 11.2. The molecule has 2 aliphatic heterocycles. The van der Waals surface area contributed by atoms with Crippen LogP contribution in [0, 0.1) is 11.8 Å². The van der Waals surface area contributed by atoms with E-state index in [-0.39, 0.29) is 17.1 Å². The fourth-order valence-corrected chi connectivity index (χ4v) is 6.18. The summed E-state index contributed by atoms with van der Waals surface area (Å²) >= 11 is 0. The molecule has 3 aromatic rings. The second-order valence-corrected chi connectivity index (χ2v) is 12.8. The molecule has 1 aromatic carbocycles. The van der Waals surface area contributed by atoms with Crippen molar-refractivity contribution in [2.24, 2.45) is 0 Å². The van der Waals surface area contributed by atoms with Gasteiger partial charge >= 0.3 is 5.97 Å². The predicted octanol–water partition coefficient (Wildman–Crippen LogP) is 4.86. The van der Waals surface area contributed by atoms with Crippen molar-refractivity contribution in [3.8, 4) is 17.6 Å². The van der Waals surface area contributed by atoms with Crippen LogP contribution in [0.4, 0.5) is 34.5 Å². The zero-order valence-corrected chi connectivity index (χ0v) is 27.0. The Morgan fingerprint density at radius 1 is 1.11 bits per heavy atom. The number of nitrogens with one attached hydrogen (secondary N) is 1. The lowest BCUT2D eigenvalue weighted by Crippen LogP contribution is -2.47. The van der Waals surface area contributed by atoms with E-state index in [1.165, 1.54) is 19.0 Å². The van der Waals surface area contributed by atoms with Crippen LogP contribution in [-0.2, 0) is 10.2 Å². The number of benzene rings is 1. The van der Waals surface area contributed by atoms with Gasteiger partial charge in [0.15, 0.2) is 5.82 Å². The third-order valence-corrected chi connectivity index (χ3v) is 8.51. The van der Waals surface area contributed by atoms with Crippen LogP contribution in [0.1, 0.15) is 69.2 Å². The van der Waals surface area contributed by atoms with Crippen LogP contribution in [0.5, 0.6) is 5.75 Å². The maximum absolute atomic E-state index is 13.3. The molecule has 0 spiro atoms. The van der Waals surface area contributed by atoms with E-state index in [9.17, 15) is 4.79 Å². The van der Waals surface area contributed by atoms with Gasteiger partial charge in [-0.3, -0.25) is 4.90 Å². The molecule has 0 amide bonds. The summed E-state index contributed by atoms with van der Waals surface area (Å²) < 4.78 is 11.4. The molecule has 45 heavy (non-hydrogen) atoms. The van der Waals surface area contributed by atoms with E-state index in [1.54, 1.807) is 14.0 Å². The van der Waals surface area contributed by atoms with Crippen molar-refractivity contribution in [3.05, 3.63) is 47.4 Å². The molecule has 3 aliphatic rings. The van der Waals surface area contributed by atoms with Crippen molar-refractivity contribution in [1.82, 2.24) is 19.9 Å². The Labute approximate surface area is 265 Å². The molecule has 2 aromatic heterocycles. The number of piperazine rings is 1. The van der Waals surface area contributed by atoms with Gasteiger partial charge in [0.05, 0.1) is 41.7 Å². The molecule has 0 radical (unpaired) electrons. The van der Waals surface area contributed by atoms with Gasteiger partial charge < -0.3 is 30.3 Å². The highest BCUT2D eigenvalue weighted by molar-refractivity contribution is 5.96. The quantitative estimate of drug-likeness (QED) is 0.207. The highest BCUT2D eigenvalue weighted by Gasteiger charge is 2.40. The Balaban J connectivity index is 1.33. The standard InChI is InChI=1S/C34H42N8O3/c1-7-8-22-9-12-27-30(37-22)34(4,5)20-42(27)31-24(32(43)45-21(2)3)19-36-33(39-31)38-26-17-25(35)28(18-29(26)44-6)41-15-13-40(14-16-41)23-10-11-23/h9,12,17-19,21,23H,10-11,13-16,20,35H2,1-6H3,(H,36,38,39). The van der Waals surface area contributed by atoms with Crippen molar-refractivity contribution < 1.29 is 14.3 Å². The number of rotatable bonds is 8. The van der Waals surface area contributed by atoms with Crippen molar-refractivity contribution in [2.75, 3.05) is 60.7 Å². The van der Waals surface area contributed by atoms with Gasteiger partial charge in [-0.2, -0.15) is 4.98 Å². The Kier molecular flexibility index (Phi) is 8.18. The molecular weight excluding hydrogens is 568 g/mol. The van der Waals surface area contributed by atoms with E-state index in [2.05, 4.69) is 45.8 Å². The van der Waals surface area contributed by atoms with E-state index in [0.717, 1.165) is 49.3 Å². The fourth-order valence-electron chi connectivity index (χ4n) is 6.18. The molecule has 0 unspecified atom stereocenters. The van der Waals surface area contributed by atoms with Gasteiger partial charge in [0, 0.05) is 56.4 Å². The smallest absolute Gasteiger partial charge is 0.343 e. The Morgan fingerprint density at radius 3 is 2.53 bits per heavy atom. The molecule has 0 bridgehead atoms. The number of hydrogen-bond donors (Lipinski definition) is 2. The van der Waals surface area contributed by atoms with Crippen LogP contribution in [0.15, 0.2) is 30.5 Å². The predicted molar refractivity (Wildman–Crippen MR) is 177 cm³/mol. The lowest BCUT2D eigenvalue weighted by Gasteiger charge is -2.37. The Hall–Kier alpha value is -4.56. The number of anilines is 6. The summed E-state index contributed by atoms with van der Waals surface area (Å²) in [7, 11) is 1.64. The second-order valence-electron chi connectivity index (χ2n) is 12.8. The molecule has 4 heterocycles. The molecule has 1 saturated carbocycles. The minimum atomic E-state index is -0.493. The van der Waals surface area contributed by atoms with Crippen LogP contribution in [0.2, 0.25) is 0 Å². The summed E-state index contributed by atoms with van der Waals surface area (Å²) in [5, 5.41) is 3.30. The monoisotopic (exact) mass is 610 g/mol. The van der Waals surface area contributed by atoms with Crippen LogP contribution in [0.3, 0.4) is 0 Å². The molecular formula is C34H42N8O3. The number of hydrogen-bond acceptors (Lipinski definition) is 11. The molecule has 2 fully saturated rings. The number of nitrogens with two attached hydrogens (primary N) is 1. The van der Waals surface area contributed by atoms with Gasteiger partial charge in [-0.15, -0.1) is 0 Å². The number of ether oxygens (including phenoxy) is 2.